The number of carbonyl (C=O) groups is 1. The molecule has 28 heavy (non-hydrogen) atoms. The van der Waals surface area contributed by atoms with Gasteiger partial charge in [0.25, 0.3) is 6.47 Å². The first-order valence-corrected chi connectivity index (χ1v) is 5.64. The van der Waals surface area contributed by atoms with E-state index >= 15 is 0 Å². The van der Waals surface area contributed by atoms with Gasteiger partial charge in [0.15, 0.2) is 0 Å². The third-order valence-electron chi connectivity index (χ3n) is 2.91. The molecular formula is C9HF17O2. The molecule has 168 valence electrons. The van der Waals surface area contributed by atoms with Crippen LogP contribution in [0, 0.1) is 0 Å². The number of hydrogen-bond donors (Lipinski definition) is 0. The van der Waals surface area contributed by atoms with Gasteiger partial charge in [-0.05, 0) is 0 Å². The first kappa shape index (κ1) is 26.3. The summed E-state index contributed by atoms with van der Waals surface area (Å²) in [4.78, 5) is 9.63. The summed E-state index contributed by atoms with van der Waals surface area (Å²) in [6.45, 7) is -2.03. The third kappa shape index (κ3) is 3.09. The van der Waals surface area contributed by atoms with Crippen LogP contribution in [0.4, 0.5) is 74.6 Å². The van der Waals surface area contributed by atoms with Crippen molar-refractivity contribution in [3.8, 4) is 0 Å². The molecule has 0 amide bonds. The van der Waals surface area contributed by atoms with Crippen molar-refractivity contribution in [3.63, 3.8) is 0 Å². The molecular weight excluding hydrogens is 463 g/mol. The normalized spacial score (nSPS) is 17.9. The molecule has 0 saturated carbocycles. The fraction of sp³-hybridized carbons (Fsp3) is 0.889. The van der Waals surface area contributed by atoms with E-state index in [-0.39, 0.29) is 0 Å². The summed E-state index contributed by atoms with van der Waals surface area (Å²) in [6.07, 6.45) is -15.4. The quantitative estimate of drug-likeness (QED) is 0.386. The Labute approximate surface area is 140 Å². The van der Waals surface area contributed by atoms with Crippen molar-refractivity contribution < 1.29 is 84.2 Å². The lowest BCUT2D eigenvalue weighted by Gasteiger charge is -2.42. The molecule has 0 aromatic carbocycles. The van der Waals surface area contributed by atoms with Crippen LogP contribution in [0.2, 0.25) is 0 Å². The zero-order valence-corrected chi connectivity index (χ0v) is 11.8. The number of halogens is 17. The predicted octanol–water partition coefficient (Wildman–Crippen LogP) is 5.13. The summed E-state index contributed by atoms with van der Waals surface area (Å²) in [5, 5.41) is 0. The molecule has 0 saturated heterocycles. The van der Waals surface area contributed by atoms with E-state index in [0.717, 1.165) is 0 Å². The summed E-state index contributed by atoms with van der Waals surface area (Å²) in [5.41, 5.74) is 0. The summed E-state index contributed by atoms with van der Waals surface area (Å²) >= 11 is 0. The maximum atomic E-state index is 13.2. The molecule has 2 nitrogen and oxygen atoms in total. The van der Waals surface area contributed by atoms with Crippen LogP contribution >= 0.6 is 0 Å². The monoisotopic (exact) mass is 464 g/mol. The lowest BCUT2D eigenvalue weighted by molar-refractivity contribution is -0.476. The number of alkyl halides is 17. The minimum absolute atomic E-state index is 1.92. The van der Waals surface area contributed by atoms with E-state index < -0.39 is 54.3 Å². The van der Waals surface area contributed by atoms with Gasteiger partial charge in [-0.25, -0.2) is 0 Å². The summed E-state index contributed by atoms with van der Waals surface area (Å²) in [5.74, 6) is -50.0. The van der Waals surface area contributed by atoms with Crippen LogP contribution in [0.25, 0.3) is 0 Å². The van der Waals surface area contributed by atoms with Gasteiger partial charge < -0.3 is 4.74 Å². The summed E-state index contributed by atoms with van der Waals surface area (Å²) in [6, 6.07) is 0. The van der Waals surface area contributed by atoms with Crippen molar-refractivity contribution in [2.75, 3.05) is 0 Å². The smallest absolute Gasteiger partial charge is 0.417 e. The van der Waals surface area contributed by atoms with Crippen molar-refractivity contribution in [1.29, 1.82) is 0 Å². The van der Waals surface area contributed by atoms with Gasteiger partial charge >= 0.3 is 47.8 Å². The highest BCUT2D eigenvalue weighted by molar-refractivity contribution is 5.39. The summed E-state index contributed by atoms with van der Waals surface area (Å²) < 4.78 is 216. The van der Waals surface area contributed by atoms with Crippen LogP contribution in [0.3, 0.4) is 0 Å². The van der Waals surface area contributed by atoms with Crippen LogP contribution in [0.15, 0.2) is 0 Å². The SMILES string of the molecule is O=COC(F)(C(F)(F)F)C(F)(F)C(F)(F)C(F)(F)C(F)(F)C(F)(F)C(F)(F)F. The van der Waals surface area contributed by atoms with Gasteiger partial charge in [-0.15, -0.1) is 0 Å². The van der Waals surface area contributed by atoms with Crippen molar-refractivity contribution in [3.05, 3.63) is 0 Å². The maximum Gasteiger partial charge on any atom is 0.467 e. The van der Waals surface area contributed by atoms with Crippen molar-refractivity contribution in [2.24, 2.45) is 0 Å². The highest BCUT2D eigenvalue weighted by Gasteiger charge is 2.96. The Morgan fingerprint density at radius 2 is 0.714 bits per heavy atom. The number of hydrogen-bond acceptors (Lipinski definition) is 2. The Morgan fingerprint density at radius 3 is 0.964 bits per heavy atom. The van der Waals surface area contributed by atoms with E-state index in [1.54, 1.807) is 0 Å². The van der Waals surface area contributed by atoms with Crippen LogP contribution in [0.5, 0.6) is 0 Å². The first-order valence-electron chi connectivity index (χ1n) is 5.64. The average molecular weight is 464 g/mol. The molecule has 0 radical (unpaired) electrons. The molecule has 1 atom stereocenters. The van der Waals surface area contributed by atoms with Crippen LogP contribution in [-0.2, 0) is 9.53 Å². The number of carbonyl (C=O) groups excluding carboxylic acids is 1. The fourth-order valence-corrected chi connectivity index (χ4v) is 1.36. The van der Waals surface area contributed by atoms with E-state index in [4.69, 9.17) is 0 Å². The van der Waals surface area contributed by atoms with E-state index in [1.165, 1.54) is 0 Å². The Hall–Kier alpha value is -1.72. The van der Waals surface area contributed by atoms with E-state index in [2.05, 4.69) is 0 Å². The van der Waals surface area contributed by atoms with Crippen LogP contribution < -0.4 is 0 Å². The molecule has 0 aliphatic heterocycles. The molecule has 0 bridgehead atoms. The maximum absolute atomic E-state index is 13.2. The lowest BCUT2D eigenvalue weighted by atomic mass is 9.90. The molecule has 0 spiro atoms. The molecule has 0 aliphatic rings. The predicted molar refractivity (Wildman–Crippen MR) is 47.8 cm³/mol. The molecule has 0 fully saturated rings. The van der Waals surface area contributed by atoms with E-state index in [1.807, 2.05) is 4.74 Å². The van der Waals surface area contributed by atoms with E-state index in [9.17, 15) is 79.4 Å². The molecule has 0 rings (SSSR count). The minimum atomic E-state index is -8.68. The molecule has 0 aromatic rings. The topological polar surface area (TPSA) is 26.3 Å². The second-order valence-corrected chi connectivity index (χ2v) is 4.68. The third-order valence-corrected chi connectivity index (χ3v) is 2.91. The number of ether oxygens (including phenoxy) is 1. The fourth-order valence-electron chi connectivity index (χ4n) is 1.36. The Kier molecular flexibility index (Phi) is 6.00. The average Bonchev–Trinajstić information content (AvgIpc) is 2.43. The van der Waals surface area contributed by atoms with Gasteiger partial charge in [0.2, 0.25) is 0 Å². The highest BCUT2D eigenvalue weighted by atomic mass is 19.4. The molecule has 0 N–H and O–H groups in total. The van der Waals surface area contributed by atoms with Crippen molar-refractivity contribution >= 4 is 6.47 Å². The molecule has 0 heterocycles. The van der Waals surface area contributed by atoms with Crippen LogP contribution in [-0.4, -0.2) is 54.3 Å². The van der Waals surface area contributed by atoms with Gasteiger partial charge in [-0.3, -0.25) is 4.79 Å². The zero-order chi connectivity index (χ0) is 23.4. The zero-order valence-electron chi connectivity index (χ0n) is 11.8. The largest absolute Gasteiger partial charge is 0.467 e. The molecule has 1 unspecified atom stereocenters. The van der Waals surface area contributed by atoms with Crippen molar-refractivity contribution in [2.45, 2.75) is 47.8 Å². The van der Waals surface area contributed by atoms with Gasteiger partial charge in [-0.1, -0.05) is 0 Å². The highest BCUT2D eigenvalue weighted by Crippen LogP contribution is 2.63. The summed E-state index contributed by atoms with van der Waals surface area (Å²) in [7, 11) is 0. The second kappa shape index (κ2) is 6.39. The lowest BCUT2D eigenvalue weighted by Crippen LogP contribution is -2.75. The van der Waals surface area contributed by atoms with Crippen LogP contribution in [0.1, 0.15) is 0 Å². The number of rotatable bonds is 7. The standard InChI is InChI=1S/C9HF17O2/c10-2(11,4(14,15)6(18,19)8(21,22)23)3(12,13)5(16,17)7(20,28-1-27)9(24,25)26/h1H. The van der Waals surface area contributed by atoms with Crippen molar-refractivity contribution in [1.82, 2.24) is 0 Å². The molecule has 0 aliphatic carbocycles. The van der Waals surface area contributed by atoms with Gasteiger partial charge in [0.1, 0.15) is 0 Å². The Balaban J connectivity index is 6.82. The van der Waals surface area contributed by atoms with Gasteiger partial charge in [0.05, 0.1) is 0 Å². The van der Waals surface area contributed by atoms with E-state index in [0.29, 0.717) is 0 Å². The molecule has 0 aromatic heterocycles. The molecule has 19 heteroatoms. The van der Waals surface area contributed by atoms with Gasteiger partial charge in [0, 0.05) is 0 Å². The first-order chi connectivity index (χ1) is 11.8. The van der Waals surface area contributed by atoms with Gasteiger partial charge in [-0.2, -0.15) is 74.6 Å². The second-order valence-electron chi connectivity index (χ2n) is 4.68. The Bertz CT molecular complexity index is 586. The Morgan fingerprint density at radius 1 is 0.429 bits per heavy atom. The minimum Gasteiger partial charge on any atom is -0.417 e.